The van der Waals surface area contributed by atoms with Crippen molar-refractivity contribution in [3.8, 4) is 0 Å². The number of rotatable bonds is 3. The number of aromatic nitrogens is 2. The number of hydrogen-bond donors (Lipinski definition) is 0. The zero-order valence-electron chi connectivity index (χ0n) is 11.8. The number of anilines is 2. The Morgan fingerprint density at radius 3 is 2.71 bits per heavy atom. The molecule has 3 nitrogen and oxygen atoms in total. The number of halogens is 1. The lowest BCUT2D eigenvalue weighted by Crippen LogP contribution is -2.21. The molecule has 5 heteroatoms. The van der Waals surface area contributed by atoms with Crippen LogP contribution in [-0.2, 0) is 5.41 Å². The first-order chi connectivity index (χ1) is 10.2. The molecular weight excluding hydrogens is 346 g/mol. The van der Waals surface area contributed by atoms with E-state index in [4.69, 9.17) is 0 Å². The number of nitrogens with zero attached hydrogens (tertiary/aromatic N) is 3. The molecule has 2 aromatic rings. The molecule has 2 heterocycles. The number of fused-ring (bicyclic) bond motifs is 2. The minimum absolute atomic E-state index is 0.362. The Bertz CT molecular complexity index is 682. The van der Waals surface area contributed by atoms with Crippen LogP contribution in [0.15, 0.2) is 40.0 Å². The largest absolute Gasteiger partial charge is 0.309 e. The molecule has 2 aliphatic rings. The summed E-state index contributed by atoms with van der Waals surface area (Å²) >= 11 is 5.29. The van der Waals surface area contributed by atoms with Gasteiger partial charge in [-0.05, 0) is 52.2 Å². The molecule has 0 radical (unpaired) electrons. The molecule has 1 saturated carbocycles. The van der Waals surface area contributed by atoms with Crippen LogP contribution < -0.4 is 4.90 Å². The first kappa shape index (κ1) is 13.6. The van der Waals surface area contributed by atoms with Crippen molar-refractivity contribution in [1.82, 2.24) is 9.97 Å². The molecule has 0 bridgehead atoms. The van der Waals surface area contributed by atoms with E-state index in [1.165, 1.54) is 29.0 Å². The Hall–Kier alpha value is -1.07. The lowest BCUT2D eigenvalue weighted by Gasteiger charge is -2.17. The van der Waals surface area contributed by atoms with Gasteiger partial charge >= 0.3 is 0 Å². The predicted octanol–water partition coefficient (Wildman–Crippen LogP) is 4.53. The van der Waals surface area contributed by atoms with Crippen LogP contribution in [0.2, 0.25) is 0 Å². The van der Waals surface area contributed by atoms with E-state index in [0.717, 1.165) is 22.7 Å². The fraction of sp³-hybridized carbons (Fsp3) is 0.375. The van der Waals surface area contributed by atoms with Gasteiger partial charge in [0, 0.05) is 34.9 Å². The number of hydrogen-bond acceptors (Lipinski definition) is 4. The molecule has 1 aliphatic carbocycles. The summed E-state index contributed by atoms with van der Waals surface area (Å²) in [6.45, 7) is 3.21. The highest BCUT2D eigenvalue weighted by Crippen LogP contribution is 2.58. The van der Waals surface area contributed by atoms with Gasteiger partial charge in [0.15, 0.2) is 0 Å². The van der Waals surface area contributed by atoms with Crippen LogP contribution in [0.1, 0.15) is 25.3 Å². The minimum Gasteiger partial charge on any atom is -0.309 e. The van der Waals surface area contributed by atoms with Gasteiger partial charge in [-0.15, -0.1) is 11.8 Å². The summed E-state index contributed by atoms with van der Waals surface area (Å²) in [6.07, 6.45) is 6.22. The Morgan fingerprint density at radius 1 is 1.29 bits per heavy atom. The van der Waals surface area contributed by atoms with E-state index in [-0.39, 0.29) is 0 Å². The second kappa shape index (κ2) is 4.99. The summed E-state index contributed by atoms with van der Waals surface area (Å²) in [5.74, 6) is 1.90. The molecule has 108 valence electrons. The molecule has 0 N–H and O–H groups in total. The number of benzene rings is 1. The minimum atomic E-state index is 0.362. The van der Waals surface area contributed by atoms with E-state index in [2.05, 4.69) is 55.9 Å². The summed E-state index contributed by atoms with van der Waals surface area (Å²) in [5.41, 5.74) is 3.14. The van der Waals surface area contributed by atoms with Crippen molar-refractivity contribution in [3.05, 3.63) is 40.6 Å². The predicted molar refractivity (Wildman–Crippen MR) is 90.5 cm³/mol. The lowest BCUT2D eigenvalue weighted by atomic mass is 9.99. The molecule has 4 rings (SSSR count). The first-order valence-electron chi connectivity index (χ1n) is 7.24. The molecule has 1 aromatic carbocycles. The van der Waals surface area contributed by atoms with Crippen molar-refractivity contribution >= 4 is 39.3 Å². The lowest BCUT2D eigenvalue weighted by molar-refractivity contribution is 0.735. The summed E-state index contributed by atoms with van der Waals surface area (Å²) in [7, 11) is 0. The van der Waals surface area contributed by atoms with E-state index in [1.54, 1.807) is 0 Å². The standard InChI is InChI=1S/C16H16BrN3S/c1-2-21-12-3-4-13-14(7-12)20(10-16(13)5-6-16)15-18-8-11(17)9-19-15/h3-4,7-9H,2,5-6,10H2,1H3. The summed E-state index contributed by atoms with van der Waals surface area (Å²) in [4.78, 5) is 12.6. The van der Waals surface area contributed by atoms with E-state index >= 15 is 0 Å². The maximum absolute atomic E-state index is 4.49. The highest BCUT2D eigenvalue weighted by molar-refractivity contribution is 9.10. The zero-order valence-corrected chi connectivity index (χ0v) is 14.2. The Labute approximate surface area is 137 Å². The third-order valence-corrected chi connectivity index (χ3v) is 5.59. The van der Waals surface area contributed by atoms with Gasteiger partial charge in [0.1, 0.15) is 0 Å². The van der Waals surface area contributed by atoms with E-state index in [1.807, 2.05) is 24.2 Å². The van der Waals surface area contributed by atoms with Gasteiger partial charge < -0.3 is 4.90 Å². The molecule has 0 amide bonds. The third kappa shape index (κ3) is 2.27. The van der Waals surface area contributed by atoms with Crippen LogP contribution in [0.5, 0.6) is 0 Å². The second-order valence-corrected chi connectivity index (χ2v) is 7.93. The molecule has 0 unspecified atom stereocenters. The van der Waals surface area contributed by atoms with Gasteiger partial charge in [0.2, 0.25) is 5.95 Å². The maximum Gasteiger partial charge on any atom is 0.229 e. The average Bonchev–Trinajstić information content (AvgIpc) is 3.19. The van der Waals surface area contributed by atoms with Gasteiger partial charge in [-0.1, -0.05) is 13.0 Å². The van der Waals surface area contributed by atoms with Crippen molar-refractivity contribution in [1.29, 1.82) is 0 Å². The molecule has 0 saturated heterocycles. The fourth-order valence-electron chi connectivity index (χ4n) is 3.11. The van der Waals surface area contributed by atoms with Gasteiger partial charge in [0.05, 0.1) is 4.47 Å². The van der Waals surface area contributed by atoms with Gasteiger partial charge in [-0.3, -0.25) is 0 Å². The average molecular weight is 362 g/mol. The molecule has 1 aliphatic heterocycles. The Morgan fingerprint density at radius 2 is 2.05 bits per heavy atom. The van der Waals surface area contributed by atoms with Crippen LogP contribution in [0, 0.1) is 0 Å². The summed E-state index contributed by atoms with van der Waals surface area (Å²) in [6, 6.07) is 6.89. The van der Waals surface area contributed by atoms with Gasteiger partial charge in [-0.2, -0.15) is 0 Å². The summed E-state index contributed by atoms with van der Waals surface area (Å²) < 4.78 is 0.919. The smallest absolute Gasteiger partial charge is 0.229 e. The van der Waals surface area contributed by atoms with E-state index in [0.29, 0.717) is 5.41 Å². The molecule has 1 spiro atoms. The SMILES string of the molecule is CCSc1ccc2c(c1)N(c1ncc(Br)cn1)CC21CC1. The number of thioether (sulfide) groups is 1. The quantitative estimate of drug-likeness (QED) is 0.750. The third-order valence-electron chi connectivity index (χ3n) is 4.30. The van der Waals surface area contributed by atoms with Crippen molar-refractivity contribution in [2.24, 2.45) is 0 Å². The second-order valence-electron chi connectivity index (χ2n) is 5.68. The van der Waals surface area contributed by atoms with Crippen LogP contribution in [0.4, 0.5) is 11.6 Å². The zero-order chi connectivity index (χ0) is 14.4. The van der Waals surface area contributed by atoms with Crippen molar-refractivity contribution < 1.29 is 0 Å². The van der Waals surface area contributed by atoms with Crippen LogP contribution in [0.3, 0.4) is 0 Å². The highest BCUT2D eigenvalue weighted by atomic mass is 79.9. The van der Waals surface area contributed by atoms with Gasteiger partial charge in [0.25, 0.3) is 0 Å². The van der Waals surface area contributed by atoms with E-state index < -0.39 is 0 Å². The van der Waals surface area contributed by atoms with Crippen LogP contribution in [0.25, 0.3) is 0 Å². The highest BCUT2D eigenvalue weighted by Gasteiger charge is 2.52. The van der Waals surface area contributed by atoms with Crippen molar-refractivity contribution in [2.75, 3.05) is 17.2 Å². The molecule has 21 heavy (non-hydrogen) atoms. The molecule has 1 fully saturated rings. The molecule has 1 aromatic heterocycles. The van der Waals surface area contributed by atoms with Gasteiger partial charge in [-0.25, -0.2) is 9.97 Å². The topological polar surface area (TPSA) is 29.0 Å². The molecular formula is C16H16BrN3S. The molecule has 0 atom stereocenters. The van der Waals surface area contributed by atoms with Crippen molar-refractivity contribution in [2.45, 2.75) is 30.1 Å². The first-order valence-corrected chi connectivity index (χ1v) is 9.02. The normalized spacial score (nSPS) is 18.1. The van der Waals surface area contributed by atoms with E-state index in [9.17, 15) is 0 Å². The fourth-order valence-corrected chi connectivity index (χ4v) is 4.01. The maximum atomic E-state index is 4.49. The Kier molecular flexibility index (Phi) is 3.23. The van der Waals surface area contributed by atoms with Crippen LogP contribution in [-0.4, -0.2) is 22.3 Å². The monoisotopic (exact) mass is 361 g/mol. The summed E-state index contributed by atoms with van der Waals surface area (Å²) in [5, 5.41) is 0. The van der Waals surface area contributed by atoms with Crippen LogP contribution >= 0.6 is 27.7 Å². The van der Waals surface area contributed by atoms with Crippen molar-refractivity contribution in [3.63, 3.8) is 0 Å². The Balaban J connectivity index is 1.78.